The number of aliphatic carboxylic acids is 1. The first-order valence-corrected chi connectivity index (χ1v) is 13.0. The lowest BCUT2D eigenvalue weighted by molar-refractivity contribution is -0.143. The molecule has 33 heavy (non-hydrogen) atoms. The van der Waals surface area contributed by atoms with Crippen molar-refractivity contribution < 1.29 is 19.5 Å². The molecule has 0 aliphatic rings. The third kappa shape index (κ3) is 8.23. The highest BCUT2D eigenvalue weighted by Gasteiger charge is 2.37. The summed E-state index contributed by atoms with van der Waals surface area (Å²) in [6.45, 7) is 9.65. The number of amides is 1. The van der Waals surface area contributed by atoms with Crippen LogP contribution in [0.2, 0.25) is 0 Å². The Kier molecular flexibility index (Phi) is 10.0. The van der Waals surface area contributed by atoms with Gasteiger partial charge in [0.1, 0.15) is 6.04 Å². The highest BCUT2D eigenvalue weighted by molar-refractivity contribution is 8.14. The standard InChI is InChI=1S/C26H33NO4S2/c1-17(2)20-13-11-19(12-14-20)16-33-26(4,5)22(24(29)30)27-23(28)18(3)15-32-25(31)21-9-7-6-8-10-21/h6-14,17-18,22H,15-16H2,1-5H3,(H,27,28)(H,29,30)/t18-,22-/m1/s1. The first kappa shape index (κ1) is 27.0. The van der Waals surface area contributed by atoms with Crippen LogP contribution in [0.3, 0.4) is 0 Å². The van der Waals surface area contributed by atoms with Crippen LogP contribution in [-0.4, -0.2) is 38.6 Å². The molecule has 0 aliphatic heterocycles. The number of hydrogen-bond acceptors (Lipinski definition) is 5. The summed E-state index contributed by atoms with van der Waals surface area (Å²) in [5, 5.41) is 12.4. The summed E-state index contributed by atoms with van der Waals surface area (Å²) in [4.78, 5) is 37.0. The summed E-state index contributed by atoms with van der Waals surface area (Å²) in [6.07, 6.45) is 0. The lowest BCUT2D eigenvalue weighted by Crippen LogP contribution is -2.53. The SMILES string of the molecule is CC(C)c1ccc(CSC(C)(C)[C@H](NC(=O)[C@H](C)CSC(=O)c2ccccc2)C(=O)O)cc1. The lowest BCUT2D eigenvalue weighted by atomic mass is 10.0. The molecule has 0 aromatic heterocycles. The summed E-state index contributed by atoms with van der Waals surface area (Å²) in [5.74, 6) is -0.572. The van der Waals surface area contributed by atoms with Crippen LogP contribution < -0.4 is 5.32 Å². The van der Waals surface area contributed by atoms with Gasteiger partial charge in [0.15, 0.2) is 0 Å². The van der Waals surface area contributed by atoms with Crippen molar-refractivity contribution in [3.63, 3.8) is 0 Å². The molecule has 178 valence electrons. The fourth-order valence-electron chi connectivity index (χ4n) is 3.10. The molecule has 2 aromatic rings. The summed E-state index contributed by atoms with van der Waals surface area (Å²) in [7, 11) is 0. The number of carboxylic acids is 1. The summed E-state index contributed by atoms with van der Waals surface area (Å²) >= 11 is 2.56. The van der Waals surface area contributed by atoms with Crippen LogP contribution in [0.4, 0.5) is 0 Å². The van der Waals surface area contributed by atoms with Gasteiger partial charge in [-0.25, -0.2) is 4.79 Å². The Bertz CT molecular complexity index is 943. The summed E-state index contributed by atoms with van der Waals surface area (Å²) in [6, 6.07) is 16.2. The average Bonchev–Trinajstić information content (AvgIpc) is 2.79. The largest absolute Gasteiger partial charge is 0.480 e. The zero-order valence-corrected chi connectivity index (χ0v) is 21.5. The van der Waals surface area contributed by atoms with Gasteiger partial charge in [-0.1, -0.05) is 87.1 Å². The molecular formula is C26H33NO4S2. The monoisotopic (exact) mass is 487 g/mol. The summed E-state index contributed by atoms with van der Waals surface area (Å²) < 4.78 is -0.731. The molecule has 0 aliphatic carbocycles. The third-order valence-electron chi connectivity index (χ3n) is 5.41. The number of thioether (sulfide) groups is 2. The van der Waals surface area contributed by atoms with Crippen LogP contribution in [0, 0.1) is 5.92 Å². The molecule has 7 heteroatoms. The minimum absolute atomic E-state index is 0.107. The van der Waals surface area contributed by atoms with E-state index < -0.39 is 22.7 Å². The highest BCUT2D eigenvalue weighted by atomic mass is 32.2. The van der Waals surface area contributed by atoms with E-state index in [1.54, 1.807) is 31.2 Å². The maximum absolute atomic E-state index is 12.7. The number of nitrogens with one attached hydrogen (secondary N) is 1. The molecule has 0 radical (unpaired) electrons. The van der Waals surface area contributed by atoms with E-state index >= 15 is 0 Å². The molecular weight excluding hydrogens is 454 g/mol. The molecule has 2 aromatic carbocycles. The predicted molar refractivity (Wildman–Crippen MR) is 138 cm³/mol. The minimum atomic E-state index is -1.07. The van der Waals surface area contributed by atoms with Gasteiger partial charge in [0.25, 0.3) is 0 Å². The van der Waals surface area contributed by atoms with E-state index in [0.717, 1.165) is 17.3 Å². The Balaban J connectivity index is 1.94. The first-order chi connectivity index (χ1) is 15.5. The Morgan fingerprint density at radius 3 is 2.12 bits per heavy atom. The number of hydrogen-bond donors (Lipinski definition) is 2. The van der Waals surface area contributed by atoms with Crippen LogP contribution in [-0.2, 0) is 15.3 Å². The van der Waals surface area contributed by atoms with Gasteiger partial charge in [-0.15, -0.1) is 11.8 Å². The second kappa shape index (κ2) is 12.3. The fraction of sp³-hybridized carbons (Fsp3) is 0.423. The van der Waals surface area contributed by atoms with E-state index in [1.807, 2.05) is 19.9 Å². The molecule has 0 saturated heterocycles. The van der Waals surface area contributed by atoms with Gasteiger partial charge in [0, 0.05) is 27.7 Å². The topological polar surface area (TPSA) is 83.5 Å². The van der Waals surface area contributed by atoms with Crippen molar-refractivity contribution in [2.24, 2.45) is 5.92 Å². The molecule has 0 fully saturated rings. The van der Waals surface area contributed by atoms with Crippen molar-refractivity contribution in [1.29, 1.82) is 0 Å². The van der Waals surface area contributed by atoms with E-state index in [1.165, 1.54) is 17.3 Å². The molecule has 2 N–H and O–H groups in total. The van der Waals surface area contributed by atoms with E-state index in [0.29, 0.717) is 17.2 Å². The molecule has 2 rings (SSSR count). The maximum atomic E-state index is 12.7. The number of carbonyl (C=O) groups is 3. The van der Waals surface area contributed by atoms with E-state index in [4.69, 9.17) is 0 Å². The van der Waals surface area contributed by atoms with Crippen molar-refractivity contribution in [2.75, 3.05) is 5.75 Å². The normalized spacial score (nSPS) is 13.4. The molecule has 5 nitrogen and oxygen atoms in total. The number of carboxylic acid groups (broad SMARTS) is 1. The van der Waals surface area contributed by atoms with Gasteiger partial charge < -0.3 is 10.4 Å². The molecule has 0 unspecified atom stereocenters. The highest BCUT2D eigenvalue weighted by Crippen LogP contribution is 2.32. The smallest absolute Gasteiger partial charge is 0.327 e. The van der Waals surface area contributed by atoms with Crippen molar-refractivity contribution in [2.45, 2.75) is 57.1 Å². The second-order valence-corrected chi connectivity index (χ2v) is 11.6. The molecule has 0 saturated carbocycles. The van der Waals surface area contributed by atoms with Crippen LogP contribution >= 0.6 is 23.5 Å². The number of carbonyl (C=O) groups excluding carboxylic acids is 2. The number of benzene rings is 2. The lowest BCUT2D eigenvalue weighted by Gasteiger charge is -2.32. The molecule has 0 bridgehead atoms. The Hall–Kier alpha value is -2.25. The van der Waals surface area contributed by atoms with E-state index in [9.17, 15) is 19.5 Å². The van der Waals surface area contributed by atoms with Crippen molar-refractivity contribution in [1.82, 2.24) is 5.32 Å². The molecule has 0 spiro atoms. The van der Waals surface area contributed by atoms with Gasteiger partial charge in [0.2, 0.25) is 11.0 Å². The predicted octanol–water partition coefficient (Wildman–Crippen LogP) is 5.60. The van der Waals surface area contributed by atoms with Gasteiger partial charge >= 0.3 is 5.97 Å². The zero-order chi connectivity index (χ0) is 24.6. The Morgan fingerprint density at radius 1 is 0.970 bits per heavy atom. The summed E-state index contributed by atoms with van der Waals surface area (Å²) in [5.41, 5.74) is 2.95. The fourth-order valence-corrected chi connectivity index (χ4v) is 5.02. The van der Waals surface area contributed by atoms with Gasteiger partial charge in [-0.3, -0.25) is 9.59 Å². The van der Waals surface area contributed by atoms with E-state index in [2.05, 4.69) is 43.4 Å². The van der Waals surface area contributed by atoms with Crippen molar-refractivity contribution >= 4 is 40.5 Å². The average molecular weight is 488 g/mol. The number of rotatable bonds is 11. The van der Waals surface area contributed by atoms with E-state index in [-0.39, 0.29) is 16.8 Å². The maximum Gasteiger partial charge on any atom is 0.327 e. The van der Waals surface area contributed by atoms with Gasteiger partial charge in [0.05, 0.1) is 0 Å². The van der Waals surface area contributed by atoms with Crippen LogP contribution in [0.1, 0.15) is 62.0 Å². The van der Waals surface area contributed by atoms with Gasteiger partial charge in [-0.05, 0) is 30.9 Å². The second-order valence-electron chi connectivity index (χ2n) is 8.93. The molecule has 1 amide bonds. The van der Waals surface area contributed by atoms with Gasteiger partial charge in [-0.2, -0.15) is 0 Å². The first-order valence-electron chi connectivity index (χ1n) is 11.0. The van der Waals surface area contributed by atoms with Crippen molar-refractivity contribution in [3.8, 4) is 0 Å². The molecule has 0 heterocycles. The van der Waals surface area contributed by atoms with Crippen LogP contribution in [0.15, 0.2) is 54.6 Å². The zero-order valence-electron chi connectivity index (χ0n) is 19.8. The third-order valence-corrected chi connectivity index (χ3v) is 8.03. The van der Waals surface area contributed by atoms with Crippen LogP contribution in [0.25, 0.3) is 0 Å². The quantitative estimate of drug-likeness (QED) is 0.429. The minimum Gasteiger partial charge on any atom is -0.480 e. The molecule has 2 atom stereocenters. The Labute approximate surface area is 205 Å². The van der Waals surface area contributed by atoms with Crippen LogP contribution in [0.5, 0.6) is 0 Å². The van der Waals surface area contributed by atoms with Crippen molar-refractivity contribution in [3.05, 3.63) is 71.3 Å². The Morgan fingerprint density at radius 2 is 1.58 bits per heavy atom.